The van der Waals surface area contributed by atoms with E-state index in [1.165, 1.54) is 0 Å². The van der Waals surface area contributed by atoms with Gasteiger partial charge in [-0.15, -0.1) is 0 Å². The topological polar surface area (TPSA) is 46.6 Å². The summed E-state index contributed by atoms with van der Waals surface area (Å²) in [7, 11) is 0. The highest BCUT2D eigenvalue weighted by Gasteiger charge is 2.36. The first-order chi connectivity index (χ1) is 7.19. The van der Waals surface area contributed by atoms with E-state index in [4.69, 9.17) is 4.74 Å². The van der Waals surface area contributed by atoms with Crippen molar-refractivity contribution >= 4 is 11.9 Å². The molecule has 0 aromatic heterocycles. The van der Waals surface area contributed by atoms with Gasteiger partial charge in [0.15, 0.2) is 0 Å². The van der Waals surface area contributed by atoms with E-state index in [1.54, 1.807) is 4.90 Å². The second kappa shape index (κ2) is 4.21. The Morgan fingerprint density at radius 3 is 2.53 bits per heavy atom. The molecule has 0 aromatic carbocycles. The van der Waals surface area contributed by atoms with Crippen molar-refractivity contribution in [3.63, 3.8) is 0 Å². The minimum atomic E-state index is -0.221. The Bertz CT molecular complexity index is 261. The number of hydrogen-bond acceptors (Lipinski definition) is 3. The zero-order valence-corrected chi connectivity index (χ0v) is 9.07. The van der Waals surface area contributed by atoms with Crippen LogP contribution in [0.25, 0.3) is 0 Å². The minimum absolute atomic E-state index is 0.221. The van der Waals surface area contributed by atoms with Crippen molar-refractivity contribution in [2.24, 2.45) is 11.8 Å². The van der Waals surface area contributed by atoms with Crippen LogP contribution in [-0.4, -0.2) is 36.5 Å². The zero-order valence-electron chi connectivity index (χ0n) is 9.07. The van der Waals surface area contributed by atoms with E-state index in [2.05, 4.69) is 0 Å². The maximum atomic E-state index is 11.5. The molecule has 2 bridgehead atoms. The molecule has 84 valence electrons. The highest BCUT2D eigenvalue weighted by atomic mass is 16.6. The summed E-state index contributed by atoms with van der Waals surface area (Å²) in [6, 6.07) is 0. The number of ether oxygens (including phenoxy) is 1. The monoisotopic (exact) mass is 211 g/mol. The number of Topliss-reactive ketones (excluding diaryl/α,β-unsaturated/α-hetero) is 1. The van der Waals surface area contributed by atoms with Crippen LogP contribution in [0.15, 0.2) is 0 Å². The standard InChI is InChI=1S/C11H17NO3/c1-2-15-11(14)12-6-8-3-9(7-12)5-10(13)4-8/h8-9H,2-7H2,1H3. The van der Waals surface area contributed by atoms with Crippen LogP contribution in [0, 0.1) is 11.8 Å². The van der Waals surface area contributed by atoms with Crippen LogP contribution in [0.5, 0.6) is 0 Å². The van der Waals surface area contributed by atoms with Crippen molar-refractivity contribution < 1.29 is 14.3 Å². The van der Waals surface area contributed by atoms with Crippen LogP contribution in [0.2, 0.25) is 0 Å². The first-order valence-corrected chi connectivity index (χ1v) is 5.62. The van der Waals surface area contributed by atoms with Crippen LogP contribution < -0.4 is 0 Å². The molecular formula is C11H17NO3. The Kier molecular flexibility index (Phi) is 2.93. The largest absolute Gasteiger partial charge is 0.450 e. The minimum Gasteiger partial charge on any atom is -0.450 e. The lowest BCUT2D eigenvalue weighted by molar-refractivity contribution is -0.124. The smallest absolute Gasteiger partial charge is 0.409 e. The average Bonchev–Trinajstić information content (AvgIpc) is 2.16. The lowest BCUT2D eigenvalue weighted by Crippen LogP contribution is -2.47. The summed E-state index contributed by atoms with van der Waals surface area (Å²) in [5, 5.41) is 0. The number of hydrogen-bond donors (Lipinski definition) is 0. The second-order valence-electron chi connectivity index (χ2n) is 4.52. The Morgan fingerprint density at radius 1 is 1.40 bits per heavy atom. The maximum Gasteiger partial charge on any atom is 0.409 e. The Labute approximate surface area is 89.6 Å². The van der Waals surface area contributed by atoms with Gasteiger partial charge in [0.2, 0.25) is 0 Å². The van der Waals surface area contributed by atoms with Gasteiger partial charge in [-0.1, -0.05) is 0 Å². The Morgan fingerprint density at radius 2 is 2.00 bits per heavy atom. The van der Waals surface area contributed by atoms with E-state index in [0.29, 0.717) is 50.2 Å². The normalized spacial score (nSPS) is 30.2. The molecule has 1 saturated carbocycles. The van der Waals surface area contributed by atoms with Crippen molar-refractivity contribution in [1.82, 2.24) is 4.90 Å². The second-order valence-corrected chi connectivity index (χ2v) is 4.52. The van der Waals surface area contributed by atoms with Crippen molar-refractivity contribution in [1.29, 1.82) is 0 Å². The third-order valence-corrected chi connectivity index (χ3v) is 3.18. The number of rotatable bonds is 1. The maximum absolute atomic E-state index is 11.5. The van der Waals surface area contributed by atoms with Crippen molar-refractivity contribution in [2.75, 3.05) is 19.7 Å². The Hall–Kier alpha value is -1.06. The van der Waals surface area contributed by atoms with E-state index in [1.807, 2.05) is 6.92 Å². The summed E-state index contributed by atoms with van der Waals surface area (Å²) in [5.41, 5.74) is 0. The van der Waals surface area contributed by atoms with Crippen LogP contribution in [-0.2, 0) is 9.53 Å². The highest BCUT2D eigenvalue weighted by molar-refractivity contribution is 5.80. The van der Waals surface area contributed by atoms with Crippen molar-refractivity contribution in [3.05, 3.63) is 0 Å². The third kappa shape index (κ3) is 2.30. The summed E-state index contributed by atoms with van der Waals surface area (Å²) in [6.45, 7) is 3.62. The van der Waals surface area contributed by atoms with Gasteiger partial charge in [-0.25, -0.2) is 4.79 Å². The van der Waals surface area contributed by atoms with E-state index < -0.39 is 0 Å². The van der Waals surface area contributed by atoms with E-state index in [9.17, 15) is 9.59 Å². The first-order valence-electron chi connectivity index (χ1n) is 5.62. The van der Waals surface area contributed by atoms with Crippen LogP contribution >= 0.6 is 0 Å². The van der Waals surface area contributed by atoms with Gasteiger partial charge in [0.05, 0.1) is 6.61 Å². The lowest BCUT2D eigenvalue weighted by atomic mass is 9.77. The molecule has 1 aliphatic carbocycles. The van der Waals surface area contributed by atoms with E-state index in [-0.39, 0.29) is 6.09 Å². The molecule has 0 radical (unpaired) electrons. The van der Waals surface area contributed by atoms with Gasteiger partial charge in [0.1, 0.15) is 5.78 Å². The van der Waals surface area contributed by atoms with Crippen molar-refractivity contribution in [3.8, 4) is 0 Å². The number of piperidine rings is 1. The summed E-state index contributed by atoms with van der Waals surface area (Å²) >= 11 is 0. The number of fused-ring (bicyclic) bond motifs is 2. The number of carbonyl (C=O) groups is 2. The Balaban J connectivity index is 1.96. The number of ketones is 1. The molecule has 1 amide bonds. The fourth-order valence-electron chi connectivity index (χ4n) is 2.71. The molecule has 1 heterocycles. The van der Waals surface area contributed by atoms with E-state index >= 15 is 0 Å². The average molecular weight is 211 g/mol. The molecule has 1 saturated heterocycles. The van der Waals surface area contributed by atoms with Crippen molar-refractivity contribution in [2.45, 2.75) is 26.2 Å². The molecule has 0 spiro atoms. The molecular weight excluding hydrogens is 194 g/mol. The number of nitrogens with zero attached hydrogens (tertiary/aromatic N) is 1. The fourth-order valence-corrected chi connectivity index (χ4v) is 2.71. The van der Waals surface area contributed by atoms with Gasteiger partial charge in [-0.3, -0.25) is 4.79 Å². The summed E-state index contributed by atoms with van der Waals surface area (Å²) in [6.07, 6.45) is 2.17. The highest BCUT2D eigenvalue weighted by Crippen LogP contribution is 2.32. The van der Waals surface area contributed by atoms with Crippen LogP contribution in [0.3, 0.4) is 0 Å². The van der Waals surface area contributed by atoms with Gasteiger partial charge in [0, 0.05) is 25.9 Å². The first kappa shape index (κ1) is 10.5. The molecule has 15 heavy (non-hydrogen) atoms. The lowest BCUT2D eigenvalue weighted by Gasteiger charge is -2.39. The van der Waals surface area contributed by atoms with E-state index in [0.717, 1.165) is 6.42 Å². The van der Waals surface area contributed by atoms with Gasteiger partial charge in [-0.05, 0) is 25.2 Å². The predicted molar refractivity (Wildman–Crippen MR) is 54.4 cm³/mol. The summed E-state index contributed by atoms with van der Waals surface area (Å²) in [4.78, 5) is 24.6. The molecule has 0 aromatic rings. The van der Waals surface area contributed by atoms with Gasteiger partial charge in [-0.2, -0.15) is 0 Å². The molecule has 1 aliphatic heterocycles. The molecule has 2 aliphatic rings. The van der Waals surface area contributed by atoms with Gasteiger partial charge >= 0.3 is 6.09 Å². The van der Waals surface area contributed by atoms with Gasteiger partial charge < -0.3 is 9.64 Å². The number of carbonyl (C=O) groups excluding carboxylic acids is 2. The predicted octanol–water partition coefficient (Wildman–Crippen LogP) is 1.44. The molecule has 2 rings (SSSR count). The zero-order chi connectivity index (χ0) is 10.8. The molecule has 0 N–H and O–H groups in total. The molecule has 2 fully saturated rings. The number of amides is 1. The third-order valence-electron chi connectivity index (χ3n) is 3.18. The number of likely N-dealkylation sites (tertiary alicyclic amines) is 1. The summed E-state index contributed by atoms with van der Waals surface area (Å²) in [5.74, 6) is 1.10. The fraction of sp³-hybridized carbons (Fsp3) is 0.818. The summed E-state index contributed by atoms with van der Waals surface area (Å²) < 4.78 is 4.98. The van der Waals surface area contributed by atoms with Crippen LogP contribution in [0.1, 0.15) is 26.2 Å². The molecule has 2 unspecified atom stereocenters. The SMILES string of the molecule is CCOC(=O)N1CC2CC(=O)CC(C2)C1. The molecule has 4 nitrogen and oxygen atoms in total. The van der Waals surface area contributed by atoms with Crippen LogP contribution in [0.4, 0.5) is 4.79 Å². The quantitative estimate of drug-likeness (QED) is 0.659. The molecule has 2 atom stereocenters. The van der Waals surface area contributed by atoms with Gasteiger partial charge in [0.25, 0.3) is 0 Å². The molecule has 4 heteroatoms.